The van der Waals surface area contributed by atoms with Gasteiger partial charge < -0.3 is 16.4 Å². The van der Waals surface area contributed by atoms with Crippen molar-refractivity contribution in [2.45, 2.75) is 0 Å². The van der Waals surface area contributed by atoms with E-state index in [9.17, 15) is 4.79 Å². The van der Waals surface area contributed by atoms with Gasteiger partial charge in [-0.15, -0.1) is 0 Å². The molecule has 0 fully saturated rings. The van der Waals surface area contributed by atoms with E-state index in [0.717, 1.165) is 10.9 Å². The molecule has 0 aliphatic carbocycles. The van der Waals surface area contributed by atoms with Crippen LogP contribution in [0.2, 0.25) is 0 Å². The Morgan fingerprint density at radius 3 is 2.76 bits per heavy atom. The Hall–Kier alpha value is -2.37. The number of para-hydroxylation sites is 1. The lowest BCUT2D eigenvalue weighted by Crippen LogP contribution is -2.31. The number of carbonyl (C=O) groups is 1. The molecule has 0 aliphatic heterocycles. The van der Waals surface area contributed by atoms with Gasteiger partial charge in [0.05, 0.1) is 12.1 Å². The second-order valence-corrected chi connectivity index (χ2v) is 3.75. The number of amides is 1. The predicted octanol–water partition coefficient (Wildman–Crippen LogP) is 0.134. The Morgan fingerprint density at radius 2 is 2.06 bits per heavy atom. The summed E-state index contributed by atoms with van der Waals surface area (Å²) in [6, 6.07) is 7.43. The Morgan fingerprint density at radius 1 is 1.35 bits per heavy atom. The van der Waals surface area contributed by atoms with Gasteiger partial charge in [0.2, 0.25) is 11.9 Å². The van der Waals surface area contributed by atoms with Crippen molar-refractivity contribution in [1.82, 2.24) is 9.97 Å². The van der Waals surface area contributed by atoms with Crippen LogP contribution in [0, 0.1) is 0 Å². The van der Waals surface area contributed by atoms with E-state index in [1.54, 1.807) is 11.9 Å². The minimum Gasteiger partial charge on any atom is -0.383 e. The Kier molecular flexibility index (Phi) is 2.78. The van der Waals surface area contributed by atoms with Crippen molar-refractivity contribution < 1.29 is 4.79 Å². The molecule has 0 saturated heterocycles. The number of hydrogen-bond donors (Lipinski definition) is 2. The van der Waals surface area contributed by atoms with E-state index >= 15 is 0 Å². The van der Waals surface area contributed by atoms with Crippen LogP contribution < -0.4 is 16.4 Å². The minimum absolute atomic E-state index is 0.0534. The molecule has 17 heavy (non-hydrogen) atoms. The van der Waals surface area contributed by atoms with Crippen LogP contribution in [0.3, 0.4) is 0 Å². The van der Waals surface area contributed by atoms with Gasteiger partial charge in [0.1, 0.15) is 5.82 Å². The number of anilines is 2. The third-order valence-corrected chi connectivity index (χ3v) is 2.36. The quantitative estimate of drug-likeness (QED) is 0.782. The largest absolute Gasteiger partial charge is 0.383 e. The molecule has 1 aromatic carbocycles. The molecular weight excluding hydrogens is 218 g/mol. The van der Waals surface area contributed by atoms with E-state index in [1.165, 1.54) is 0 Å². The summed E-state index contributed by atoms with van der Waals surface area (Å²) in [5.74, 6) is 0.338. The summed E-state index contributed by atoms with van der Waals surface area (Å²) in [6.07, 6.45) is 0. The molecule has 0 spiro atoms. The van der Waals surface area contributed by atoms with E-state index in [-0.39, 0.29) is 6.54 Å². The molecule has 2 rings (SSSR count). The fourth-order valence-corrected chi connectivity index (χ4v) is 1.56. The van der Waals surface area contributed by atoms with Crippen LogP contribution in [-0.2, 0) is 4.79 Å². The molecule has 0 radical (unpaired) electrons. The number of likely N-dealkylation sites (N-methyl/N-ethyl adjacent to an activating group) is 1. The summed E-state index contributed by atoms with van der Waals surface area (Å²) in [7, 11) is 1.69. The van der Waals surface area contributed by atoms with E-state index in [1.807, 2.05) is 24.3 Å². The molecule has 1 aromatic heterocycles. The maximum Gasteiger partial charge on any atom is 0.237 e. The zero-order chi connectivity index (χ0) is 12.4. The van der Waals surface area contributed by atoms with Crippen LogP contribution in [0.4, 0.5) is 11.8 Å². The topological polar surface area (TPSA) is 98.1 Å². The van der Waals surface area contributed by atoms with Crippen molar-refractivity contribution in [3.8, 4) is 0 Å². The number of primary amides is 1. The average Bonchev–Trinajstić information content (AvgIpc) is 2.28. The van der Waals surface area contributed by atoms with Gasteiger partial charge >= 0.3 is 0 Å². The van der Waals surface area contributed by atoms with Crippen LogP contribution in [0.25, 0.3) is 10.9 Å². The van der Waals surface area contributed by atoms with Gasteiger partial charge in [-0.05, 0) is 12.1 Å². The van der Waals surface area contributed by atoms with E-state index < -0.39 is 5.91 Å². The number of hydrogen-bond acceptors (Lipinski definition) is 5. The van der Waals surface area contributed by atoms with Crippen LogP contribution >= 0.6 is 0 Å². The van der Waals surface area contributed by atoms with Crippen molar-refractivity contribution in [3.63, 3.8) is 0 Å². The van der Waals surface area contributed by atoms with E-state index in [0.29, 0.717) is 11.8 Å². The SMILES string of the molecule is CN(CC(N)=O)c1nc(N)c2ccccc2n1. The highest BCUT2D eigenvalue weighted by molar-refractivity contribution is 5.89. The van der Waals surface area contributed by atoms with Crippen molar-refractivity contribution in [2.75, 3.05) is 24.2 Å². The van der Waals surface area contributed by atoms with Gasteiger partial charge in [-0.2, -0.15) is 4.98 Å². The monoisotopic (exact) mass is 231 g/mol. The number of rotatable bonds is 3. The standard InChI is InChI=1S/C11H13N5O/c1-16(6-9(12)17)11-14-8-5-3-2-4-7(8)10(13)15-11/h2-5H,6H2,1H3,(H2,12,17)(H2,13,14,15). The zero-order valence-corrected chi connectivity index (χ0v) is 9.42. The zero-order valence-electron chi connectivity index (χ0n) is 9.42. The molecule has 0 unspecified atom stereocenters. The number of carbonyl (C=O) groups excluding carboxylic acids is 1. The van der Waals surface area contributed by atoms with Gasteiger partial charge in [0.25, 0.3) is 0 Å². The molecule has 88 valence electrons. The third kappa shape index (κ3) is 2.25. The molecule has 4 N–H and O–H groups in total. The highest BCUT2D eigenvalue weighted by atomic mass is 16.1. The lowest BCUT2D eigenvalue weighted by Gasteiger charge is -2.15. The summed E-state index contributed by atoms with van der Waals surface area (Å²) >= 11 is 0. The van der Waals surface area contributed by atoms with Gasteiger partial charge in [-0.25, -0.2) is 4.98 Å². The number of aromatic nitrogens is 2. The second-order valence-electron chi connectivity index (χ2n) is 3.75. The van der Waals surface area contributed by atoms with E-state index in [4.69, 9.17) is 11.5 Å². The van der Waals surface area contributed by atoms with E-state index in [2.05, 4.69) is 9.97 Å². The minimum atomic E-state index is -0.442. The van der Waals surface area contributed by atoms with Crippen LogP contribution in [0.15, 0.2) is 24.3 Å². The molecule has 0 atom stereocenters. The fourth-order valence-electron chi connectivity index (χ4n) is 1.56. The van der Waals surface area contributed by atoms with Gasteiger partial charge in [0, 0.05) is 12.4 Å². The first-order valence-corrected chi connectivity index (χ1v) is 5.09. The van der Waals surface area contributed by atoms with Crippen molar-refractivity contribution in [3.05, 3.63) is 24.3 Å². The smallest absolute Gasteiger partial charge is 0.237 e. The molecule has 0 bridgehead atoms. The predicted molar refractivity (Wildman–Crippen MR) is 66.4 cm³/mol. The Bertz CT molecular complexity index is 569. The van der Waals surface area contributed by atoms with Crippen LogP contribution in [0.5, 0.6) is 0 Å². The number of nitrogens with zero attached hydrogens (tertiary/aromatic N) is 3. The fraction of sp³-hybridized carbons (Fsp3) is 0.182. The van der Waals surface area contributed by atoms with Crippen molar-refractivity contribution in [2.24, 2.45) is 5.73 Å². The maximum absolute atomic E-state index is 10.8. The number of nitrogens with two attached hydrogens (primary N) is 2. The Labute approximate surface area is 98.2 Å². The molecule has 6 heteroatoms. The summed E-state index contributed by atoms with van der Waals surface area (Å²) < 4.78 is 0. The summed E-state index contributed by atoms with van der Waals surface area (Å²) in [5.41, 5.74) is 11.7. The number of benzene rings is 1. The third-order valence-electron chi connectivity index (χ3n) is 2.36. The van der Waals surface area contributed by atoms with Crippen molar-refractivity contribution >= 4 is 28.6 Å². The highest BCUT2D eigenvalue weighted by Gasteiger charge is 2.10. The molecular formula is C11H13N5O. The average molecular weight is 231 g/mol. The summed E-state index contributed by atoms with van der Waals surface area (Å²) in [4.78, 5) is 20.8. The molecule has 0 aliphatic rings. The van der Waals surface area contributed by atoms with Crippen LogP contribution in [0.1, 0.15) is 0 Å². The number of nitrogen functional groups attached to an aromatic ring is 1. The van der Waals surface area contributed by atoms with Gasteiger partial charge in [0.15, 0.2) is 0 Å². The highest BCUT2D eigenvalue weighted by Crippen LogP contribution is 2.20. The molecule has 6 nitrogen and oxygen atoms in total. The second kappa shape index (κ2) is 4.25. The van der Waals surface area contributed by atoms with Crippen LogP contribution in [-0.4, -0.2) is 29.5 Å². The molecule has 2 aromatic rings. The van der Waals surface area contributed by atoms with Crippen molar-refractivity contribution in [1.29, 1.82) is 0 Å². The molecule has 0 saturated carbocycles. The Balaban J connectivity index is 2.46. The van der Waals surface area contributed by atoms with Gasteiger partial charge in [-0.1, -0.05) is 12.1 Å². The first kappa shape index (κ1) is 11.1. The lowest BCUT2D eigenvalue weighted by molar-refractivity contribution is -0.116. The first-order valence-electron chi connectivity index (χ1n) is 5.09. The molecule has 1 heterocycles. The molecule has 1 amide bonds. The summed E-state index contributed by atoms with van der Waals surface area (Å²) in [5, 5.41) is 0.795. The summed E-state index contributed by atoms with van der Waals surface area (Å²) in [6.45, 7) is 0.0534. The lowest BCUT2D eigenvalue weighted by atomic mass is 10.2. The number of fused-ring (bicyclic) bond motifs is 1. The van der Waals surface area contributed by atoms with Gasteiger partial charge in [-0.3, -0.25) is 4.79 Å². The first-order chi connectivity index (χ1) is 8.08. The maximum atomic E-state index is 10.8. The normalized spacial score (nSPS) is 10.4.